The normalized spacial score (nSPS) is 12.0. The summed E-state index contributed by atoms with van der Waals surface area (Å²) in [5.41, 5.74) is 1.08. The molecule has 5 nitrogen and oxygen atoms in total. The highest BCUT2D eigenvalue weighted by Gasteiger charge is 2.18. The maximum atomic E-state index is 11.8. The Kier molecular flexibility index (Phi) is 7.61. The molecule has 0 aliphatic rings. The predicted molar refractivity (Wildman–Crippen MR) is 83.6 cm³/mol. The number of para-hydroxylation sites is 1. The van der Waals surface area contributed by atoms with Crippen molar-refractivity contribution in [1.29, 1.82) is 0 Å². The zero-order valence-corrected chi connectivity index (χ0v) is 13.1. The molecule has 0 aromatic heterocycles. The molecule has 2 amide bonds. The molecule has 1 atom stereocenters. The van der Waals surface area contributed by atoms with E-state index in [1.54, 1.807) is 7.11 Å². The summed E-state index contributed by atoms with van der Waals surface area (Å²) in [4.78, 5) is 11.8. The molecule has 0 bridgehead atoms. The first-order valence-electron chi connectivity index (χ1n) is 7.35. The van der Waals surface area contributed by atoms with E-state index < -0.39 is 0 Å². The number of methoxy groups -OCH3 is 1. The summed E-state index contributed by atoms with van der Waals surface area (Å²) in [6, 6.07) is 7.67. The maximum Gasteiger partial charge on any atom is 0.315 e. The molecule has 3 N–H and O–H groups in total. The minimum Gasteiger partial charge on any atom is -0.496 e. The van der Waals surface area contributed by atoms with Crippen LogP contribution in [0.3, 0.4) is 0 Å². The second kappa shape index (κ2) is 9.23. The van der Waals surface area contributed by atoms with Gasteiger partial charge in [0.05, 0.1) is 7.11 Å². The molecule has 1 unspecified atom stereocenters. The average molecular weight is 294 g/mol. The van der Waals surface area contributed by atoms with Gasteiger partial charge in [0.1, 0.15) is 5.75 Å². The zero-order valence-electron chi connectivity index (χ0n) is 13.1. The number of aliphatic hydroxyl groups excluding tert-OH is 1. The van der Waals surface area contributed by atoms with Gasteiger partial charge in [0.25, 0.3) is 0 Å². The largest absolute Gasteiger partial charge is 0.496 e. The van der Waals surface area contributed by atoms with Crippen molar-refractivity contribution in [2.75, 3.05) is 20.3 Å². The van der Waals surface area contributed by atoms with Gasteiger partial charge in [0.2, 0.25) is 0 Å². The topological polar surface area (TPSA) is 70.6 Å². The minimum absolute atomic E-state index is 0.0235. The molecule has 0 aliphatic heterocycles. The lowest BCUT2D eigenvalue weighted by Gasteiger charge is -2.23. The average Bonchev–Trinajstić information content (AvgIpc) is 2.47. The van der Waals surface area contributed by atoms with Crippen LogP contribution in [0.5, 0.6) is 5.75 Å². The summed E-state index contributed by atoms with van der Waals surface area (Å²) < 4.78 is 5.35. The lowest BCUT2D eigenvalue weighted by atomic mass is 9.96. The van der Waals surface area contributed by atoms with E-state index in [0.717, 1.165) is 17.7 Å². The van der Waals surface area contributed by atoms with Gasteiger partial charge in [-0.3, -0.25) is 0 Å². The summed E-state index contributed by atoms with van der Waals surface area (Å²) in [7, 11) is 1.65. The van der Waals surface area contributed by atoms with Crippen LogP contribution in [0.2, 0.25) is 0 Å². The van der Waals surface area contributed by atoms with Crippen LogP contribution in [-0.2, 0) is 6.42 Å². The van der Waals surface area contributed by atoms with E-state index in [9.17, 15) is 4.79 Å². The molecule has 21 heavy (non-hydrogen) atoms. The number of ether oxygens (including phenoxy) is 1. The molecule has 0 aliphatic carbocycles. The fourth-order valence-corrected chi connectivity index (χ4v) is 2.06. The van der Waals surface area contributed by atoms with E-state index in [-0.39, 0.29) is 18.7 Å². The first-order valence-corrected chi connectivity index (χ1v) is 7.35. The van der Waals surface area contributed by atoms with E-state index in [4.69, 9.17) is 9.84 Å². The lowest BCUT2D eigenvalue weighted by molar-refractivity contribution is 0.230. The highest BCUT2D eigenvalue weighted by Crippen LogP contribution is 2.20. The number of amides is 2. The molecule has 1 aromatic rings. The summed E-state index contributed by atoms with van der Waals surface area (Å²) >= 11 is 0. The second-order valence-electron chi connectivity index (χ2n) is 5.34. The predicted octanol–water partition coefficient (Wildman–Crippen LogP) is 1.94. The number of benzene rings is 1. The Bertz CT molecular complexity index is 435. The maximum absolute atomic E-state index is 11.8. The number of nitrogens with one attached hydrogen (secondary N) is 2. The van der Waals surface area contributed by atoms with E-state index in [0.29, 0.717) is 18.9 Å². The van der Waals surface area contributed by atoms with Crippen molar-refractivity contribution >= 4 is 6.03 Å². The first-order chi connectivity index (χ1) is 10.1. The Morgan fingerprint density at radius 3 is 2.67 bits per heavy atom. The number of urea groups is 1. The van der Waals surface area contributed by atoms with Gasteiger partial charge in [-0.05, 0) is 30.4 Å². The number of rotatable bonds is 8. The minimum atomic E-state index is -0.197. The van der Waals surface area contributed by atoms with Crippen molar-refractivity contribution in [1.82, 2.24) is 10.6 Å². The van der Waals surface area contributed by atoms with Gasteiger partial charge in [0, 0.05) is 19.2 Å². The molecule has 0 heterocycles. The molecule has 5 heteroatoms. The third-order valence-corrected chi connectivity index (χ3v) is 3.37. The smallest absolute Gasteiger partial charge is 0.315 e. The van der Waals surface area contributed by atoms with E-state index in [1.807, 2.05) is 24.3 Å². The summed E-state index contributed by atoms with van der Waals surface area (Å²) in [5.74, 6) is 1.14. The highest BCUT2D eigenvalue weighted by atomic mass is 16.5. The van der Waals surface area contributed by atoms with Crippen LogP contribution in [0.15, 0.2) is 24.3 Å². The van der Waals surface area contributed by atoms with Gasteiger partial charge in [0.15, 0.2) is 0 Å². The number of hydrogen-bond acceptors (Lipinski definition) is 3. The van der Waals surface area contributed by atoms with Gasteiger partial charge in [-0.25, -0.2) is 4.79 Å². The Hall–Kier alpha value is -1.75. The zero-order chi connectivity index (χ0) is 15.7. The lowest BCUT2D eigenvalue weighted by Crippen LogP contribution is -2.45. The van der Waals surface area contributed by atoms with Crippen molar-refractivity contribution in [3.05, 3.63) is 29.8 Å². The molecule has 0 spiro atoms. The summed E-state index contributed by atoms with van der Waals surface area (Å²) in [6.45, 7) is 4.71. The number of carbonyl (C=O) groups excluding carboxylic acids is 1. The molecule has 1 aromatic carbocycles. The standard InChI is InChI=1S/C16H26N2O3/c1-12(2)14(18-16(20)17-9-6-10-19)11-13-7-4-5-8-15(13)21-3/h4-5,7-8,12,14,19H,6,9-11H2,1-3H3,(H2,17,18,20). The SMILES string of the molecule is COc1ccccc1CC(NC(=O)NCCCO)C(C)C. The van der Waals surface area contributed by atoms with Gasteiger partial charge in [-0.15, -0.1) is 0 Å². The molecular formula is C16H26N2O3. The van der Waals surface area contributed by atoms with Crippen LogP contribution >= 0.6 is 0 Å². The number of carbonyl (C=O) groups is 1. The van der Waals surface area contributed by atoms with Gasteiger partial charge >= 0.3 is 6.03 Å². The molecule has 0 saturated carbocycles. The molecule has 1 rings (SSSR count). The fourth-order valence-electron chi connectivity index (χ4n) is 2.06. The van der Waals surface area contributed by atoms with Gasteiger partial charge in [-0.1, -0.05) is 32.0 Å². The summed E-state index contributed by atoms with van der Waals surface area (Å²) in [6.07, 6.45) is 1.28. The second-order valence-corrected chi connectivity index (χ2v) is 5.34. The molecule has 118 valence electrons. The number of hydrogen-bond donors (Lipinski definition) is 3. The molecular weight excluding hydrogens is 268 g/mol. The van der Waals surface area contributed by atoms with Crippen molar-refractivity contribution in [3.63, 3.8) is 0 Å². The quantitative estimate of drug-likeness (QED) is 0.642. The Morgan fingerprint density at radius 1 is 1.33 bits per heavy atom. The van der Waals surface area contributed by atoms with Gasteiger partial charge in [-0.2, -0.15) is 0 Å². The van der Waals surface area contributed by atoms with E-state index in [2.05, 4.69) is 24.5 Å². The van der Waals surface area contributed by atoms with Crippen molar-refractivity contribution in [2.24, 2.45) is 5.92 Å². The first kappa shape index (κ1) is 17.3. The van der Waals surface area contributed by atoms with Crippen molar-refractivity contribution < 1.29 is 14.6 Å². The molecule has 0 fully saturated rings. The van der Waals surface area contributed by atoms with Crippen molar-refractivity contribution in [2.45, 2.75) is 32.7 Å². The highest BCUT2D eigenvalue weighted by molar-refractivity contribution is 5.74. The van der Waals surface area contributed by atoms with Crippen LogP contribution in [0.1, 0.15) is 25.8 Å². The molecule has 0 saturated heterocycles. The Labute approximate surface area is 126 Å². The van der Waals surface area contributed by atoms with E-state index in [1.165, 1.54) is 0 Å². The summed E-state index contributed by atoms with van der Waals surface area (Å²) in [5, 5.41) is 14.4. The third kappa shape index (κ3) is 6.04. The van der Waals surface area contributed by atoms with Crippen LogP contribution in [0, 0.1) is 5.92 Å². The third-order valence-electron chi connectivity index (χ3n) is 3.37. The van der Waals surface area contributed by atoms with Crippen LogP contribution in [0.25, 0.3) is 0 Å². The van der Waals surface area contributed by atoms with Crippen LogP contribution in [0.4, 0.5) is 4.79 Å². The number of aliphatic hydroxyl groups is 1. The Morgan fingerprint density at radius 2 is 2.05 bits per heavy atom. The van der Waals surface area contributed by atoms with E-state index >= 15 is 0 Å². The fraction of sp³-hybridized carbons (Fsp3) is 0.562. The van der Waals surface area contributed by atoms with Gasteiger partial charge < -0.3 is 20.5 Å². The molecule has 0 radical (unpaired) electrons. The van der Waals surface area contributed by atoms with Crippen LogP contribution < -0.4 is 15.4 Å². The van der Waals surface area contributed by atoms with Crippen LogP contribution in [-0.4, -0.2) is 37.4 Å². The van der Waals surface area contributed by atoms with Crippen molar-refractivity contribution in [3.8, 4) is 5.75 Å². The monoisotopic (exact) mass is 294 g/mol. The Balaban J connectivity index is 2.63.